The van der Waals surface area contributed by atoms with Crippen LogP contribution in [0.25, 0.3) is 0 Å². The Morgan fingerprint density at radius 1 is 0.421 bits per heavy atom. The number of likely N-dealkylation sites (N-methyl/N-ethyl adjacent to an activating group) is 1. The average molecular weight is 1090 g/mol. The predicted octanol–water partition coefficient (Wildman–Crippen LogP) is 19.9. The summed E-state index contributed by atoms with van der Waals surface area (Å²) in [5.41, 5.74) is 0. The van der Waals surface area contributed by atoms with Gasteiger partial charge in [-0.05, 0) is 51.4 Å². The first-order valence-electron chi connectivity index (χ1n) is 32.3. The second-order valence-corrected chi connectivity index (χ2v) is 24.5. The van der Waals surface area contributed by atoms with Crippen molar-refractivity contribution in [2.75, 3.05) is 47.5 Å². The van der Waals surface area contributed by atoms with E-state index in [2.05, 4.69) is 62.5 Å². The number of esters is 2. The number of hydrogen-bond acceptors (Lipinski definition) is 8. The molecule has 0 radical (unpaired) electrons. The fraction of sp³-hybridized carbons (Fsp3) is 0.848. The zero-order valence-corrected chi connectivity index (χ0v) is 51.6. The molecule has 0 N–H and O–H groups in total. The Morgan fingerprint density at radius 2 is 0.750 bits per heavy atom. The fourth-order valence-corrected chi connectivity index (χ4v) is 10.1. The van der Waals surface area contributed by atoms with Crippen LogP contribution in [0.3, 0.4) is 0 Å². The summed E-state index contributed by atoms with van der Waals surface area (Å²) in [6.07, 6.45) is 73.6. The molecule has 0 amide bonds. The van der Waals surface area contributed by atoms with E-state index < -0.39 is 26.5 Å². The number of unbranched alkanes of at least 4 members (excludes halogenated alkanes) is 38. The number of rotatable bonds is 60. The topological polar surface area (TPSA) is 111 Å². The number of phosphoric ester groups is 1. The summed E-state index contributed by atoms with van der Waals surface area (Å²) in [5, 5.41) is 0. The summed E-state index contributed by atoms with van der Waals surface area (Å²) < 4.78 is 34.1. The number of hydrogen-bond donors (Lipinski definition) is 0. The Balaban J connectivity index is 3.80. The molecule has 0 aliphatic heterocycles. The molecular weight excluding hydrogens is 966 g/mol. The number of phosphoric acid groups is 1. The highest BCUT2D eigenvalue weighted by Gasteiger charge is 2.22. The van der Waals surface area contributed by atoms with Gasteiger partial charge in [-0.3, -0.25) is 14.2 Å². The summed E-state index contributed by atoms with van der Waals surface area (Å²) >= 11 is 0. The van der Waals surface area contributed by atoms with Crippen molar-refractivity contribution in [3.8, 4) is 0 Å². The van der Waals surface area contributed by atoms with Crippen molar-refractivity contribution >= 4 is 19.8 Å². The quantitative estimate of drug-likeness (QED) is 0.0195. The molecule has 0 heterocycles. The maximum atomic E-state index is 12.8. The minimum absolute atomic E-state index is 0.0274. The van der Waals surface area contributed by atoms with Crippen LogP contribution in [-0.2, 0) is 32.7 Å². The molecule has 0 aromatic carbocycles. The number of nitrogens with zero attached hydrogens (tertiary/aromatic N) is 1. The maximum absolute atomic E-state index is 12.8. The van der Waals surface area contributed by atoms with Crippen molar-refractivity contribution in [3.05, 3.63) is 48.6 Å². The van der Waals surface area contributed by atoms with Crippen molar-refractivity contribution < 1.29 is 42.1 Å². The first-order chi connectivity index (χ1) is 37.0. The monoisotopic (exact) mass is 1090 g/mol. The lowest BCUT2D eigenvalue weighted by Gasteiger charge is -2.28. The van der Waals surface area contributed by atoms with E-state index in [0.717, 1.165) is 57.8 Å². The van der Waals surface area contributed by atoms with Gasteiger partial charge in [0.2, 0.25) is 0 Å². The first-order valence-corrected chi connectivity index (χ1v) is 33.8. The zero-order valence-electron chi connectivity index (χ0n) is 50.7. The lowest BCUT2D eigenvalue weighted by molar-refractivity contribution is -0.870. The minimum Gasteiger partial charge on any atom is -0.756 e. The maximum Gasteiger partial charge on any atom is 0.306 e. The number of carbonyl (C=O) groups is 2. The molecule has 0 fully saturated rings. The van der Waals surface area contributed by atoms with Crippen molar-refractivity contribution in [1.29, 1.82) is 0 Å². The molecule has 2 atom stereocenters. The third-order valence-corrected chi connectivity index (χ3v) is 15.3. The molecule has 2 unspecified atom stereocenters. The van der Waals surface area contributed by atoms with Crippen LogP contribution in [0, 0.1) is 0 Å². The summed E-state index contributed by atoms with van der Waals surface area (Å²) in [4.78, 5) is 37.8. The summed E-state index contributed by atoms with van der Waals surface area (Å²) in [5.74, 6) is -0.818. The van der Waals surface area contributed by atoms with Crippen LogP contribution in [0.4, 0.5) is 0 Å². The van der Waals surface area contributed by atoms with Crippen molar-refractivity contribution in [2.45, 2.75) is 315 Å². The van der Waals surface area contributed by atoms with Crippen molar-refractivity contribution in [1.82, 2.24) is 0 Å². The van der Waals surface area contributed by atoms with E-state index >= 15 is 0 Å². The van der Waals surface area contributed by atoms with Crippen LogP contribution in [0.15, 0.2) is 48.6 Å². The Labute approximate surface area is 471 Å². The number of carbonyl (C=O) groups excluding carboxylic acids is 2. The third kappa shape index (κ3) is 61.2. The molecule has 446 valence electrons. The van der Waals surface area contributed by atoms with Crippen LogP contribution >= 0.6 is 7.82 Å². The van der Waals surface area contributed by atoms with Crippen molar-refractivity contribution in [2.24, 2.45) is 0 Å². The van der Waals surface area contributed by atoms with Gasteiger partial charge in [0.1, 0.15) is 19.8 Å². The van der Waals surface area contributed by atoms with E-state index in [1.165, 1.54) is 218 Å². The van der Waals surface area contributed by atoms with Gasteiger partial charge in [-0.25, -0.2) is 0 Å². The average Bonchev–Trinajstić information content (AvgIpc) is 3.38. The van der Waals surface area contributed by atoms with E-state index in [9.17, 15) is 19.0 Å². The molecule has 0 bridgehead atoms. The standard InChI is InChI=1S/C66H124NO8P/c1-6-8-10-12-14-16-18-19-20-21-22-23-24-25-26-27-28-29-30-31-32-33-34-35-36-37-38-39-40-41-42-43-44-45-46-47-49-51-53-55-57-59-66(69)75-64(63-74-76(70,71)73-61-60-67(3,4)5)62-72-65(68)58-56-54-52-50-48-17-15-13-11-9-7-2/h8,10,14,16,19-20,22-23,64H,6-7,9,11-13,15,17-18,21,24-63H2,1-5H3/b10-8-,16-14-,20-19-,23-22-. The smallest absolute Gasteiger partial charge is 0.306 e. The minimum atomic E-state index is -4.63. The van der Waals surface area contributed by atoms with Crippen LogP contribution in [0.5, 0.6) is 0 Å². The molecule has 76 heavy (non-hydrogen) atoms. The Bertz CT molecular complexity index is 1420. The van der Waals surface area contributed by atoms with Gasteiger partial charge < -0.3 is 27.9 Å². The second kappa shape index (κ2) is 57.6. The fourth-order valence-electron chi connectivity index (χ4n) is 9.42. The lowest BCUT2D eigenvalue weighted by Crippen LogP contribution is -2.37. The van der Waals surface area contributed by atoms with E-state index in [0.29, 0.717) is 17.4 Å². The molecule has 0 saturated carbocycles. The summed E-state index contributed by atoms with van der Waals surface area (Å²) in [6, 6.07) is 0. The molecule has 9 nitrogen and oxygen atoms in total. The predicted molar refractivity (Wildman–Crippen MR) is 324 cm³/mol. The van der Waals surface area contributed by atoms with Gasteiger partial charge >= 0.3 is 11.9 Å². The normalized spacial score (nSPS) is 13.5. The Morgan fingerprint density at radius 3 is 1.12 bits per heavy atom. The molecule has 10 heteroatoms. The van der Waals surface area contributed by atoms with Gasteiger partial charge in [-0.15, -0.1) is 0 Å². The Kier molecular flexibility index (Phi) is 56.1. The van der Waals surface area contributed by atoms with E-state index in [-0.39, 0.29) is 32.0 Å². The first kappa shape index (κ1) is 74.0. The molecule has 0 rings (SSSR count). The van der Waals surface area contributed by atoms with Crippen LogP contribution < -0.4 is 4.89 Å². The number of quaternary nitrogens is 1. The SMILES string of the molecule is CC/C=C\C/C=C\C/C=C\C/C=C\CCCCCCCCCCCCCCCCCCCCCCCCCCCCCCC(=O)OC(COC(=O)CCCCCCCCCCCCC)COP(=O)([O-])OCC[N+](C)(C)C. The third-order valence-electron chi connectivity index (χ3n) is 14.4. The molecule has 0 aliphatic carbocycles. The van der Waals surface area contributed by atoms with Gasteiger partial charge in [0.15, 0.2) is 6.10 Å². The molecule has 0 saturated heterocycles. The van der Waals surface area contributed by atoms with Crippen LogP contribution in [-0.4, -0.2) is 70.0 Å². The molecule has 0 aromatic heterocycles. The van der Waals surface area contributed by atoms with Gasteiger partial charge in [-0.1, -0.05) is 294 Å². The highest BCUT2D eigenvalue weighted by atomic mass is 31.2. The largest absolute Gasteiger partial charge is 0.756 e. The van der Waals surface area contributed by atoms with Crippen LogP contribution in [0.2, 0.25) is 0 Å². The van der Waals surface area contributed by atoms with Gasteiger partial charge in [0.05, 0.1) is 27.7 Å². The second-order valence-electron chi connectivity index (χ2n) is 23.1. The molecule has 0 aliphatic rings. The van der Waals surface area contributed by atoms with Gasteiger partial charge in [0, 0.05) is 12.8 Å². The lowest BCUT2D eigenvalue weighted by atomic mass is 10.0. The highest BCUT2D eigenvalue weighted by molar-refractivity contribution is 7.45. The molecule has 0 aromatic rings. The molecule has 0 spiro atoms. The van der Waals surface area contributed by atoms with E-state index in [1.807, 2.05) is 21.1 Å². The number of ether oxygens (including phenoxy) is 2. The highest BCUT2D eigenvalue weighted by Crippen LogP contribution is 2.38. The molecular formula is C66H124NO8P. The summed E-state index contributed by atoms with van der Waals surface area (Å²) in [7, 11) is 1.18. The van der Waals surface area contributed by atoms with E-state index in [4.69, 9.17) is 18.5 Å². The number of allylic oxidation sites excluding steroid dienone is 8. The van der Waals surface area contributed by atoms with Gasteiger partial charge in [-0.2, -0.15) is 0 Å². The van der Waals surface area contributed by atoms with E-state index in [1.54, 1.807) is 0 Å². The van der Waals surface area contributed by atoms with Gasteiger partial charge in [0.25, 0.3) is 7.82 Å². The zero-order chi connectivity index (χ0) is 55.6. The Hall–Kier alpha value is -2.03. The van der Waals surface area contributed by atoms with Crippen LogP contribution in [0.1, 0.15) is 309 Å². The van der Waals surface area contributed by atoms with Crippen molar-refractivity contribution in [3.63, 3.8) is 0 Å². The summed E-state index contributed by atoms with van der Waals surface area (Å²) in [6.45, 7) is 4.15.